The van der Waals surface area contributed by atoms with Crippen molar-refractivity contribution in [2.24, 2.45) is 5.92 Å². The first-order valence-corrected chi connectivity index (χ1v) is 5.83. The lowest BCUT2D eigenvalue weighted by atomic mass is 9.99. The Morgan fingerprint density at radius 2 is 1.86 bits per heavy atom. The molecule has 0 bridgehead atoms. The fourth-order valence-electron chi connectivity index (χ4n) is 1.58. The molecule has 3 nitrogen and oxygen atoms in total. The van der Waals surface area contributed by atoms with Crippen LogP contribution in [-0.2, 0) is 4.79 Å². The van der Waals surface area contributed by atoms with Gasteiger partial charge in [0.25, 0.3) is 0 Å². The van der Waals surface area contributed by atoms with Crippen molar-refractivity contribution in [1.29, 1.82) is 0 Å². The molecule has 1 heterocycles. The third kappa shape index (κ3) is 3.88. The minimum Gasteiger partial charge on any atom is -0.481 e. The average molecular weight is 217 g/mol. The van der Waals surface area contributed by atoms with Crippen molar-refractivity contribution in [3.8, 4) is 0 Å². The zero-order valence-electron chi connectivity index (χ0n) is 9.12. The summed E-state index contributed by atoms with van der Waals surface area (Å²) in [5, 5.41) is 8.83. The number of carbonyl (C=O) groups is 1. The number of rotatable bonds is 2. The summed E-state index contributed by atoms with van der Waals surface area (Å²) in [4.78, 5) is 10.7. The Morgan fingerprint density at radius 3 is 2.21 bits per heavy atom. The zero-order chi connectivity index (χ0) is 10.8. The van der Waals surface area contributed by atoms with Crippen molar-refractivity contribution >= 4 is 17.9 Å². The molecule has 4 heteroatoms. The van der Waals surface area contributed by atoms with Gasteiger partial charge in [0.2, 0.25) is 0 Å². The van der Waals surface area contributed by atoms with Crippen LogP contribution in [-0.4, -0.2) is 33.2 Å². The smallest absolute Gasteiger partial charge is 0.306 e. The second-order valence-corrected chi connectivity index (χ2v) is 6.67. The fraction of sp³-hybridized carbons (Fsp3) is 0.900. The van der Waals surface area contributed by atoms with E-state index in [2.05, 4.69) is 25.1 Å². The molecule has 0 aromatic rings. The van der Waals surface area contributed by atoms with Crippen LogP contribution in [0.4, 0.5) is 0 Å². The van der Waals surface area contributed by atoms with Gasteiger partial charge in [-0.05, 0) is 33.6 Å². The van der Waals surface area contributed by atoms with E-state index in [1.165, 1.54) is 0 Å². The molecule has 0 atom stereocenters. The van der Waals surface area contributed by atoms with Gasteiger partial charge in [0.1, 0.15) is 0 Å². The molecule has 1 saturated heterocycles. The van der Waals surface area contributed by atoms with Gasteiger partial charge in [-0.25, -0.2) is 0 Å². The maximum atomic E-state index is 10.7. The van der Waals surface area contributed by atoms with Crippen LogP contribution in [0.3, 0.4) is 0 Å². The third-order valence-corrected chi connectivity index (χ3v) is 3.38. The highest BCUT2D eigenvalue weighted by Crippen LogP contribution is 2.31. The van der Waals surface area contributed by atoms with Crippen LogP contribution in [0.1, 0.15) is 33.6 Å². The number of carboxylic acids is 1. The number of hydrogen-bond donors (Lipinski definition) is 1. The molecule has 14 heavy (non-hydrogen) atoms. The Morgan fingerprint density at radius 1 is 1.36 bits per heavy atom. The quantitative estimate of drug-likeness (QED) is 0.720. The van der Waals surface area contributed by atoms with Gasteiger partial charge in [0.05, 0.1) is 5.92 Å². The molecule has 1 fully saturated rings. The van der Waals surface area contributed by atoms with E-state index in [9.17, 15) is 4.79 Å². The number of nitrogens with zero attached hydrogens (tertiary/aromatic N) is 1. The zero-order valence-corrected chi connectivity index (χ0v) is 9.93. The molecule has 82 valence electrons. The first-order valence-electron chi connectivity index (χ1n) is 5.05. The van der Waals surface area contributed by atoms with Gasteiger partial charge in [-0.2, -0.15) is 0 Å². The minimum atomic E-state index is -0.634. The van der Waals surface area contributed by atoms with E-state index < -0.39 is 5.97 Å². The summed E-state index contributed by atoms with van der Waals surface area (Å²) in [5.74, 6) is -0.753. The van der Waals surface area contributed by atoms with E-state index in [4.69, 9.17) is 5.11 Å². The molecule has 0 amide bonds. The highest BCUT2D eigenvalue weighted by molar-refractivity contribution is 7.98. The number of carboxylic acid groups (broad SMARTS) is 1. The van der Waals surface area contributed by atoms with Crippen LogP contribution < -0.4 is 0 Å². The monoisotopic (exact) mass is 217 g/mol. The molecule has 1 aliphatic rings. The first kappa shape index (κ1) is 11.9. The van der Waals surface area contributed by atoms with Crippen LogP contribution in [0, 0.1) is 5.92 Å². The molecule has 1 rings (SSSR count). The van der Waals surface area contributed by atoms with Crippen molar-refractivity contribution in [2.75, 3.05) is 13.1 Å². The lowest BCUT2D eigenvalue weighted by Gasteiger charge is -2.33. The lowest BCUT2D eigenvalue weighted by Crippen LogP contribution is -2.34. The summed E-state index contributed by atoms with van der Waals surface area (Å²) in [6.07, 6.45) is 1.58. The molecular formula is C10H19NO2S. The van der Waals surface area contributed by atoms with E-state index in [-0.39, 0.29) is 10.7 Å². The average Bonchev–Trinajstić information content (AvgIpc) is 2.02. The Bertz CT molecular complexity index is 205. The van der Waals surface area contributed by atoms with Gasteiger partial charge in [-0.15, -0.1) is 0 Å². The molecule has 0 aromatic carbocycles. The second-order valence-electron chi connectivity index (χ2n) is 4.75. The van der Waals surface area contributed by atoms with E-state index in [1.54, 1.807) is 0 Å². The Balaban J connectivity index is 2.33. The molecule has 1 N–H and O–H groups in total. The Kier molecular flexibility index (Phi) is 3.84. The summed E-state index contributed by atoms with van der Waals surface area (Å²) in [5.41, 5.74) is 0. The molecular weight excluding hydrogens is 198 g/mol. The summed E-state index contributed by atoms with van der Waals surface area (Å²) >= 11 is 1.83. The highest BCUT2D eigenvalue weighted by atomic mass is 32.2. The van der Waals surface area contributed by atoms with Crippen LogP contribution in [0.5, 0.6) is 0 Å². The van der Waals surface area contributed by atoms with Gasteiger partial charge in [0.15, 0.2) is 0 Å². The fourth-order valence-corrected chi connectivity index (χ4v) is 2.75. The molecule has 0 unspecified atom stereocenters. The first-order chi connectivity index (χ1) is 6.38. The van der Waals surface area contributed by atoms with Crippen molar-refractivity contribution in [2.45, 2.75) is 38.4 Å². The van der Waals surface area contributed by atoms with Crippen LogP contribution in [0.15, 0.2) is 0 Å². The molecule has 0 aromatic heterocycles. The van der Waals surface area contributed by atoms with Gasteiger partial charge < -0.3 is 5.11 Å². The topological polar surface area (TPSA) is 40.5 Å². The lowest BCUT2D eigenvalue weighted by molar-refractivity contribution is -0.142. The molecule has 0 aliphatic carbocycles. The van der Waals surface area contributed by atoms with Crippen LogP contribution >= 0.6 is 11.9 Å². The summed E-state index contributed by atoms with van der Waals surface area (Å²) in [6, 6.07) is 0. The third-order valence-electron chi connectivity index (χ3n) is 2.21. The van der Waals surface area contributed by atoms with Crippen molar-refractivity contribution in [3.63, 3.8) is 0 Å². The number of hydrogen-bond acceptors (Lipinski definition) is 3. The predicted molar refractivity (Wildman–Crippen MR) is 59.3 cm³/mol. The Hall–Kier alpha value is -0.220. The standard InChI is InChI=1S/C10H19NO2S/c1-10(2,3)14-11-6-4-8(5-7-11)9(12)13/h8H,4-7H2,1-3H3,(H,12,13). The SMILES string of the molecule is CC(C)(C)SN1CCC(C(=O)O)CC1. The summed E-state index contributed by atoms with van der Waals surface area (Å²) in [6.45, 7) is 8.35. The predicted octanol–water partition coefficient (Wildman–Crippen LogP) is 2.23. The van der Waals surface area contributed by atoms with Crippen molar-refractivity contribution in [1.82, 2.24) is 4.31 Å². The normalized spacial score (nSPS) is 21.1. The Labute approximate surface area is 90.0 Å². The number of piperidine rings is 1. The highest BCUT2D eigenvalue weighted by Gasteiger charge is 2.27. The molecule has 0 spiro atoms. The maximum absolute atomic E-state index is 10.7. The van der Waals surface area contributed by atoms with Gasteiger partial charge in [-0.1, -0.05) is 11.9 Å². The van der Waals surface area contributed by atoms with Crippen LogP contribution in [0.2, 0.25) is 0 Å². The van der Waals surface area contributed by atoms with Gasteiger partial charge in [-0.3, -0.25) is 9.10 Å². The van der Waals surface area contributed by atoms with E-state index in [0.29, 0.717) is 0 Å². The molecule has 0 saturated carbocycles. The van der Waals surface area contributed by atoms with E-state index >= 15 is 0 Å². The van der Waals surface area contributed by atoms with E-state index in [0.717, 1.165) is 25.9 Å². The van der Waals surface area contributed by atoms with Crippen LogP contribution in [0.25, 0.3) is 0 Å². The second kappa shape index (κ2) is 4.53. The van der Waals surface area contributed by atoms with Crippen molar-refractivity contribution < 1.29 is 9.90 Å². The summed E-state index contributed by atoms with van der Waals surface area (Å²) < 4.78 is 2.52. The molecule has 0 radical (unpaired) electrons. The van der Waals surface area contributed by atoms with Gasteiger partial charge in [0, 0.05) is 17.8 Å². The minimum absolute atomic E-state index is 0.119. The summed E-state index contributed by atoms with van der Waals surface area (Å²) in [7, 11) is 0. The molecule has 1 aliphatic heterocycles. The van der Waals surface area contributed by atoms with E-state index in [1.807, 2.05) is 11.9 Å². The number of aliphatic carboxylic acids is 1. The van der Waals surface area contributed by atoms with Crippen molar-refractivity contribution in [3.05, 3.63) is 0 Å². The van der Waals surface area contributed by atoms with Gasteiger partial charge >= 0.3 is 5.97 Å². The largest absolute Gasteiger partial charge is 0.481 e. The maximum Gasteiger partial charge on any atom is 0.306 e.